The van der Waals surface area contributed by atoms with Crippen LogP contribution in [-0.4, -0.2) is 32.6 Å². The molecule has 0 aliphatic carbocycles. The Labute approximate surface area is 94.2 Å². The molecular formula is C9H18N6O. The van der Waals surface area contributed by atoms with E-state index in [4.69, 9.17) is 5.73 Å². The van der Waals surface area contributed by atoms with Gasteiger partial charge in [-0.2, -0.15) is 5.21 Å². The van der Waals surface area contributed by atoms with Crippen molar-refractivity contribution in [3.8, 4) is 0 Å². The number of tetrazole rings is 1. The molecule has 0 bridgehead atoms. The molecule has 0 aromatic carbocycles. The van der Waals surface area contributed by atoms with E-state index in [1.54, 1.807) is 0 Å². The number of carbonyl (C=O) groups is 1. The predicted octanol–water partition coefficient (Wildman–Crippen LogP) is -0.421. The Bertz CT molecular complexity index is 328. The number of hydrogen-bond acceptors (Lipinski definition) is 5. The van der Waals surface area contributed by atoms with Crippen LogP contribution in [0.3, 0.4) is 0 Å². The number of amides is 1. The van der Waals surface area contributed by atoms with Crippen LogP contribution in [0.4, 0.5) is 0 Å². The number of rotatable bonds is 4. The molecular weight excluding hydrogens is 208 g/mol. The molecule has 16 heavy (non-hydrogen) atoms. The number of aromatic nitrogens is 4. The Morgan fingerprint density at radius 3 is 2.75 bits per heavy atom. The zero-order chi connectivity index (χ0) is 12.2. The molecule has 1 unspecified atom stereocenters. The first kappa shape index (κ1) is 12.6. The normalized spacial score (nSPS) is 13.5. The number of nitrogens with zero attached hydrogens (tertiary/aromatic N) is 3. The van der Waals surface area contributed by atoms with E-state index in [9.17, 15) is 4.79 Å². The van der Waals surface area contributed by atoms with E-state index in [-0.39, 0.29) is 23.9 Å². The summed E-state index contributed by atoms with van der Waals surface area (Å²) in [5, 5.41) is 15.8. The molecule has 0 saturated carbocycles. The minimum Gasteiger partial charge on any atom is -0.349 e. The maximum Gasteiger partial charge on any atom is 0.221 e. The molecule has 1 rings (SSSR count). The van der Waals surface area contributed by atoms with E-state index in [0.29, 0.717) is 12.2 Å². The van der Waals surface area contributed by atoms with Crippen LogP contribution < -0.4 is 11.1 Å². The lowest BCUT2D eigenvalue weighted by Crippen LogP contribution is -2.40. The quantitative estimate of drug-likeness (QED) is 0.646. The summed E-state index contributed by atoms with van der Waals surface area (Å²) in [5.41, 5.74) is 5.81. The minimum atomic E-state index is -0.169. The molecule has 0 saturated heterocycles. The highest BCUT2D eigenvalue weighted by atomic mass is 16.1. The number of carbonyl (C=O) groups excluding carboxylic acids is 1. The van der Waals surface area contributed by atoms with Crippen LogP contribution in [0.1, 0.15) is 33.0 Å². The molecule has 0 aliphatic heterocycles. The van der Waals surface area contributed by atoms with Gasteiger partial charge in [0.15, 0.2) is 5.82 Å². The average molecular weight is 226 g/mol. The SMILES string of the molecule is CC(C)(C)C(N)CC(=O)NCc1nn[nH]n1. The highest BCUT2D eigenvalue weighted by Crippen LogP contribution is 2.19. The fraction of sp³-hybridized carbons (Fsp3) is 0.778. The van der Waals surface area contributed by atoms with E-state index < -0.39 is 0 Å². The van der Waals surface area contributed by atoms with Gasteiger partial charge in [-0.1, -0.05) is 26.0 Å². The fourth-order valence-electron chi connectivity index (χ4n) is 1.01. The molecule has 7 nitrogen and oxygen atoms in total. The summed E-state index contributed by atoms with van der Waals surface area (Å²) in [6, 6.07) is -0.169. The van der Waals surface area contributed by atoms with Crippen molar-refractivity contribution >= 4 is 5.91 Å². The summed E-state index contributed by atoms with van der Waals surface area (Å²) in [4.78, 5) is 11.5. The van der Waals surface area contributed by atoms with Crippen molar-refractivity contribution in [2.45, 2.75) is 39.8 Å². The first-order valence-electron chi connectivity index (χ1n) is 5.14. The van der Waals surface area contributed by atoms with Gasteiger partial charge in [0.25, 0.3) is 0 Å². The monoisotopic (exact) mass is 226 g/mol. The average Bonchev–Trinajstić information content (AvgIpc) is 2.65. The molecule has 1 atom stereocenters. The van der Waals surface area contributed by atoms with Gasteiger partial charge in [0.05, 0.1) is 6.54 Å². The van der Waals surface area contributed by atoms with Crippen molar-refractivity contribution < 1.29 is 4.79 Å². The molecule has 1 heterocycles. The molecule has 0 radical (unpaired) electrons. The molecule has 1 amide bonds. The highest BCUT2D eigenvalue weighted by Gasteiger charge is 2.23. The van der Waals surface area contributed by atoms with Crippen LogP contribution >= 0.6 is 0 Å². The topological polar surface area (TPSA) is 110 Å². The molecule has 4 N–H and O–H groups in total. The van der Waals surface area contributed by atoms with Gasteiger partial charge in [0, 0.05) is 12.5 Å². The summed E-state index contributed by atoms with van der Waals surface area (Å²) in [5.74, 6) is 0.352. The lowest BCUT2D eigenvalue weighted by molar-refractivity contribution is -0.122. The van der Waals surface area contributed by atoms with Crippen LogP contribution in [0.15, 0.2) is 0 Å². The number of aromatic amines is 1. The van der Waals surface area contributed by atoms with Crippen LogP contribution in [0.2, 0.25) is 0 Å². The third-order valence-corrected chi connectivity index (χ3v) is 2.35. The van der Waals surface area contributed by atoms with E-state index in [1.807, 2.05) is 20.8 Å². The van der Waals surface area contributed by atoms with Gasteiger partial charge in [-0.15, -0.1) is 10.2 Å². The number of nitrogens with two attached hydrogens (primary N) is 1. The summed E-state index contributed by atoms with van der Waals surface area (Å²) in [6.45, 7) is 6.28. The first-order chi connectivity index (χ1) is 7.39. The maximum atomic E-state index is 11.5. The van der Waals surface area contributed by atoms with Crippen LogP contribution in [0, 0.1) is 5.41 Å². The van der Waals surface area contributed by atoms with Gasteiger partial charge < -0.3 is 11.1 Å². The Balaban J connectivity index is 2.31. The second-order valence-electron chi connectivity index (χ2n) is 4.78. The predicted molar refractivity (Wildman–Crippen MR) is 58.1 cm³/mol. The van der Waals surface area contributed by atoms with Crippen LogP contribution in [0.25, 0.3) is 0 Å². The van der Waals surface area contributed by atoms with Crippen molar-refractivity contribution in [2.75, 3.05) is 0 Å². The third kappa shape index (κ3) is 3.93. The van der Waals surface area contributed by atoms with Crippen LogP contribution in [0.5, 0.6) is 0 Å². The largest absolute Gasteiger partial charge is 0.349 e. The Hall–Kier alpha value is -1.50. The van der Waals surface area contributed by atoms with E-state index in [2.05, 4.69) is 25.9 Å². The maximum absolute atomic E-state index is 11.5. The number of nitrogens with one attached hydrogen (secondary N) is 2. The standard InChI is InChI=1S/C9H18N6O/c1-9(2,3)6(10)4-8(16)11-5-7-12-14-15-13-7/h6H,4-5,10H2,1-3H3,(H,11,16)(H,12,13,14,15). The number of hydrogen-bond donors (Lipinski definition) is 3. The Morgan fingerprint density at radius 1 is 1.56 bits per heavy atom. The van der Waals surface area contributed by atoms with Crippen molar-refractivity contribution in [1.82, 2.24) is 25.9 Å². The van der Waals surface area contributed by atoms with Gasteiger partial charge in [0.2, 0.25) is 5.91 Å². The van der Waals surface area contributed by atoms with Gasteiger partial charge in [-0.05, 0) is 5.41 Å². The summed E-state index contributed by atoms with van der Waals surface area (Å²) < 4.78 is 0. The van der Waals surface area contributed by atoms with Crippen molar-refractivity contribution in [3.05, 3.63) is 5.82 Å². The molecule has 0 fully saturated rings. The van der Waals surface area contributed by atoms with Gasteiger partial charge in [-0.25, -0.2) is 0 Å². The molecule has 0 spiro atoms. The van der Waals surface area contributed by atoms with Gasteiger partial charge in [0.1, 0.15) is 0 Å². The zero-order valence-corrected chi connectivity index (χ0v) is 9.82. The summed E-state index contributed by atoms with van der Waals surface area (Å²) in [6.07, 6.45) is 0.293. The lowest BCUT2D eigenvalue weighted by atomic mass is 9.85. The zero-order valence-electron chi connectivity index (χ0n) is 9.82. The minimum absolute atomic E-state index is 0.0799. The molecule has 0 aliphatic rings. The third-order valence-electron chi connectivity index (χ3n) is 2.35. The molecule has 7 heteroatoms. The van der Waals surface area contributed by atoms with Crippen molar-refractivity contribution in [3.63, 3.8) is 0 Å². The molecule has 1 aromatic heterocycles. The first-order valence-corrected chi connectivity index (χ1v) is 5.14. The highest BCUT2D eigenvalue weighted by molar-refractivity contribution is 5.76. The summed E-state index contributed by atoms with van der Waals surface area (Å²) in [7, 11) is 0. The second kappa shape index (κ2) is 5.02. The fourth-order valence-corrected chi connectivity index (χ4v) is 1.01. The molecule has 1 aromatic rings. The van der Waals surface area contributed by atoms with Gasteiger partial charge >= 0.3 is 0 Å². The van der Waals surface area contributed by atoms with E-state index in [1.165, 1.54) is 0 Å². The Morgan fingerprint density at radius 2 is 2.25 bits per heavy atom. The van der Waals surface area contributed by atoms with Crippen molar-refractivity contribution in [2.24, 2.45) is 11.1 Å². The summed E-state index contributed by atoms with van der Waals surface area (Å²) >= 11 is 0. The lowest BCUT2D eigenvalue weighted by Gasteiger charge is -2.26. The molecule has 90 valence electrons. The van der Waals surface area contributed by atoms with E-state index in [0.717, 1.165) is 0 Å². The van der Waals surface area contributed by atoms with Crippen LogP contribution in [-0.2, 0) is 11.3 Å². The smallest absolute Gasteiger partial charge is 0.221 e. The van der Waals surface area contributed by atoms with Gasteiger partial charge in [-0.3, -0.25) is 4.79 Å². The number of H-pyrrole nitrogens is 1. The van der Waals surface area contributed by atoms with Crippen molar-refractivity contribution in [1.29, 1.82) is 0 Å². The van der Waals surface area contributed by atoms with E-state index >= 15 is 0 Å². The second-order valence-corrected chi connectivity index (χ2v) is 4.78. The Kier molecular flexibility index (Phi) is 3.94.